The molecule has 6 heteroatoms. The number of nitrogens with two attached hydrogens (primary N) is 1. The van der Waals surface area contributed by atoms with Gasteiger partial charge in [0.05, 0.1) is 6.61 Å². The fourth-order valence-corrected chi connectivity index (χ4v) is 1.82. The number of ether oxygens (including phenoxy) is 1. The Morgan fingerprint density at radius 3 is 2.79 bits per heavy atom. The van der Waals surface area contributed by atoms with Crippen molar-refractivity contribution in [1.82, 2.24) is 5.32 Å². The lowest BCUT2D eigenvalue weighted by atomic mass is 10.1. The SMILES string of the molecule is COCC(C)NC(N)=NCCc1ccccc1Cl.I. The van der Waals surface area contributed by atoms with Gasteiger partial charge in [-0.25, -0.2) is 0 Å². The van der Waals surface area contributed by atoms with E-state index in [0.29, 0.717) is 19.1 Å². The molecule has 0 amide bonds. The summed E-state index contributed by atoms with van der Waals surface area (Å²) in [5.74, 6) is 0.437. The molecular formula is C13H21ClIN3O. The van der Waals surface area contributed by atoms with E-state index in [1.165, 1.54) is 0 Å². The largest absolute Gasteiger partial charge is 0.383 e. The van der Waals surface area contributed by atoms with Crippen molar-refractivity contribution >= 4 is 41.5 Å². The predicted molar refractivity (Wildman–Crippen MR) is 91.5 cm³/mol. The Bertz CT molecular complexity index is 401. The van der Waals surface area contributed by atoms with Crippen LogP contribution in [0, 0.1) is 0 Å². The van der Waals surface area contributed by atoms with Gasteiger partial charge in [0.15, 0.2) is 5.96 Å². The number of hydrogen-bond donors (Lipinski definition) is 2. The highest BCUT2D eigenvalue weighted by Gasteiger charge is 2.02. The van der Waals surface area contributed by atoms with Gasteiger partial charge in [0.1, 0.15) is 0 Å². The van der Waals surface area contributed by atoms with Gasteiger partial charge in [-0.1, -0.05) is 29.8 Å². The van der Waals surface area contributed by atoms with E-state index < -0.39 is 0 Å². The molecule has 1 unspecified atom stereocenters. The zero-order chi connectivity index (χ0) is 13.4. The molecule has 0 fully saturated rings. The first-order chi connectivity index (χ1) is 8.63. The maximum atomic E-state index is 6.05. The van der Waals surface area contributed by atoms with Crippen LogP contribution in [-0.2, 0) is 11.2 Å². The van der Waals surface area contributed by atoms with E-state index in [1.54, 1.807) is 7.11 Å². The van der Waals surface area contributed by atoms with E-state index in [9.17, 15) is 0 Å². The average Bonchev–Trinajstić information content (AvgIpc) is 2.31. The van der Waals surface area contributed by atoms with Crippen LogP contribution in [0.15, 0.2) is 29.3 Å². The first kappa shape index (κ1) is 18.5. The van der Waals surface area contributed by atoms with Crippen LogP contribution in [0.2, 0.25) is 5.02 Å². The summed E-state index contributed by atoms with van der Waals surface area (Å²) >= 11 is 6.05. The van der Waals surface area contributed by atoms with Crippen molar-refractivity contribution in [2.75, 3.05) is 20.3 Å². The van der Waals surface area contributed by atoms with Crippen molar-refractivity contribution in [2.45, 2.75) is 19.4 Å². The predicted octanol–water partition coefficient (Wildman–Crippen LogP) is 2.44. The topological polar surface area (TPSA) is 59.6 Å². The van der Waals surface area contributed by atoms with Crippen molar-refractivity contribution in [3.63, 3.8) is 0 Å². The average molecular weight is 398 g/mol. The molecule has 0 saturated heterocycles. The number of halogens is 2. The number of methoxy groups -OCH3 is 1. The molecule has 1 rings (SSSR count). The molecular weight excluding hydrogens is 377 g/mol. The van der Waals surface area contributed by atoms with Crippen molar-refractivity contribution < 1.29 is 4.74 Å². The molecule has 0 saturated carbocycles. The lowest BCUT2D eigenvalue weighted by Crippen LogP contribution is -2.40. The Labute approximate surface area is 136 Å². The first-order valence-electron chi connectivity index (χ1n) is 5.92. The van der Waals surface area contributed by atoms with Crippen LogP contribution in [0.3, 0.4) is 0 Å². The van der Waals surface area contributed by atoms with Crippen molar-refractivity contribution in [1.29, 1.82) is 0 Å². The molecule has 0 aromatic heterocycles. The lowest BCUT2D eigenvalue weighted by molar-refractivity contribution is 0.179. The molecule has 0 bridgehead atoms. The third-order valence-corrected chi connectivity index (χ3v) is 2.80. The standard InChI is InChI=1S/C13H20ClN3O.HI/c1-10(9-18-2)17-13(15)16-8-7-11-5-3-4-6-12(11)14;/h3-6,10H,7-9H2,1-2H3,(H3,15,16,17);1H. The molecule has 0 spiro atoms. The van der Waals surface area contributed by atoms with Gasteiger partial charge in [0.2, 0.25) is 0 Å². The van der Waals surface area contributed by atoms with Gasteiger partial charge in [-0.15, -0.1) is 24.0 Å². The molecule has 1 aromatic rings. The van der Waals surface area contributed by atoms with E-state index in [-0.39, 0.29) is 30.0 Å². The van der Waals surface area contributed by atoms with Crippen LogP contribution in [0.1, 0.15) is 12.5 Å². The number of guanidine groups is 1. The minimum Gasteiger partial charge on any atom is -0.383 e. The Balaban J connectivity index is 0.00000324. The normalized spacial score (nSPS) is 12.7. The van der Waals surface area contributed by atoms with E-state index in [0.717, 1.165) is 17.0 Å². The van der Waals surface area contributed by atoms with E-state index in [4.69, 9.17) is 22.1 Å². The molecule has 19 heavy (non-hydrogen) atoms. The van der Waals surface area contributed by atoms with Crippen LogP contribution >= 0.6 is 35.6 Å². The summed E-state index contributed by atoms with van der Waals surface area (Å²) < 4.78 is 5.00. The number of nitrogens with one attached hydrogen (secondary N) is 1. The molecule has 0 aliphatic carbocycles. The van der Waals surface area contributed by atoms with Gasteiger partial charge in [-0.3, -0.25) is 4.99 Å². The second-order valence-electron chi connectivity index (χ2n) is 4.11. The number of nitrogens with zero attached hydrogens (tertiary/aromatic N) is 1. The van der Waals surface area contributed by atoms with Crippen LogP contribution < -0.4 is 11.1 Å². The fraction of sp³-hybridized carbons (Fsp3) is 0.462. The molecule has 1 aromatic carbocycles. The Kier molecular flexibility index (Phi) is 9.99. The van der Waals surface area contributed by atoms with E-state index in [1.807, 2.05) is 31.2 Å². The van der Waals surface area contributed by atoms with Gasteiger partial charge < -0.3 is 15.8 Å². The Morgan fingerprint density at radius 2 is 2.16 bits per heavy atom. The summed E-state index contributed by atoms with van der Waals surface area (Å²) in [5.41, 5.74) is 6.84. The molecule has 1 atom stereocenters. The van der Waals surface area contributed by atoms with Gasteiger partial charge in [0.25, 0.3) is 0 Å². The molecule has 108 valence electrons. The third kappa shape index (κ3) is 7.59. The van der Waals surface area contributed by atoms with Crippen molar-refractivity contribution in [3.05, 3.63) is 34.9 Å². The van der Waals surface area contributed by atoms with Crippen LogP contribution in [-0.4, -0.2) is 32.3 Å². The summed E-state index contributed by atoms with van der Waals surface area (Å²) in [6, 6.07) is 7.90. The van der Waals surface area contributed by atoms with Gasteiger partial charge >= 0.3 is 0 Å². The number of hydrogen-bond acceptors (Lipinski definition) is 2. The summed E-state index contributed by atoms with van der Waals surface area (Å²) in [5, 5.41) is 3.82. The number of aliphatic imine (C=N–C) groups is 1. The summed E-state index contributed by atoms with van der Waals surface area (Å²) in [7, 11) is 1.66. The Hall–Kier alpha value is -0.530. The molecule has 0 aliphatic rings. The highest BCUT2D eigenvalue weighted by atomic mass is 127. The zero-order valence-corrected chi connectivity index (χ0v) is 14.3. The summed E-state index contributed by atoms with van der Waals surface area (Å²) in [4.78, 5) is 4.25. The number of benzene rings is 1. The second-order valence-corrected chi connectivity index (χ2v) is 4.52. The fourth-order valence-electron chi connectivity index (χ4n) is 1.59. The van der Waals surface area contributed by atoms with Crippen LogP contribution in [0.25, 0.3) is 0 Å². The first-order valence-corrected chi connectivity index (χ1v) is 6.30. The minimum absolute atomic E-state index is 0. The maximum absolute atomic E-state index is 6.05. The molecule has 0 aliphatic heterocycles. The minimum atomic E-state index is 0. The van der Waals surface area contributed by atoms with E-state index >= 15 is 0 Å². The van der Waals surface area contributed by atoms with E-state index in [2.05, 4.69) is 10.3 Å². The van der Waals surface area contributed by atoms with Gasteiger partial charge in [-0.05, 0) is 25.0 Å². The van der Waals surface area contributed by atoms with Gasteiger partial charge in [-0.2, -0.15) is 0 Å². The van der Waals surface area contributed by atoms with Crippen molar-refractivity contribution in [2.24, 2.45) is 10.7 Å². The third-order valence-electron chi connectivity index (χ3n) is 2.43. The summed E-state index contributed by atoms with van der Waals surface area (Å²) in [6.07, 6.45) is 0.778. The van der Waals surface area contributed by atoms with Crippen LogP contribution in [0.4, 0.5) is 0 Å². The maximum Gasteiger partial charge on any atom is 0.188 e. The molecule has 0 radical (unpaired) electrons. The summed E-state index contributed by atoms with van der Waals surface area (Å²) in [6.45, 7) is 3.20. The second kappa shape index (κ2) is 10.3. The smallest absolute Gasteiger partial charge is 0.188 e. The highest BCUT2D eigenvalue weighted by Crippen LogP contribution is 2.15. The quantitative estimate of drug-likeness (QED) is 0.440. The molecule has 3 N–H and O–H groups in total. The number of rotatable bonds is 6. The van der Waals surface area contributed by atoms with Crippen molar-refractivity contribution in [3.8, 4) is 0 Å². The van der Waals surface area contributed by atoms with Gasteiger partial charge in [0, 0.05) is 24.7 Å². The highest BCUT2D eigenvalue weighted by molar-refractivity contribution is 14.0. The molecule has 0 heterocycles. The molecule has 4 nitrogen and oxygen atoms in total. The zero-order valence-electron chi connectivity index (χ0n) is 11.2. The van der Waals surface area contributed by atoms with Crippen LogP contribution in [0.5, 0.6) is 0 Å². The lowest BCUT2D eigenvalue weighted by Gasteiger charge is -2.13. The Morgan fingerprint density at radius 1 is 1.47 bits per heavy atom. The monoisotopic (exact) mass is 397 g/mol.